The first-order chi connectivity index (χ1) is 7.04. The van der Waals surface area contributed by atoms with Crippen LogP contribution in [0.25, 0.3) is 0 Å². The molecule has 0 atom stereocenters. The maximum Gasteiger partial charge on any atom is 0.122 e. The van der Waals surface area contributed by atoms with Gasteiger partial charge < -0.3 is 4.74 Å². The van der Waals surface area contributed by atoms with Crippen LogP contribution in [0, 0.1) is 6.92 Å². The molecule has 0 amide bonds. The van der Waals surface area contributed by atoms with Gasteiger partial charge >= 0.3 is 0 Å². The Morgan fingerprint density at radius 1 is 1.27 bits per heavy atom. The van der Waals surface area contributed by atoms with Crippen molar-refractivity contribution in [3.63, 3.8) is 0 Å². The molecule has 0 aromatic heterocycles. The van der Waals surface area contributed by atoms with Gasteiger partial charge in [-0.15, -0.1) is 0 Å². The van der Waals surface area contributed by atoms with Crippen LogP contribution in [0.4, 0.5) is 0 Å². The van der Waals surface area contributed by atoms with E-state index in [0.29, 0.717) is 5.41 Å². The largest absolute Gasteiger partial charge is 0.496 e. The summed E-state index contributed by atoms with van der Waals surface area (Å²) in [6.45, 7) is 6.79. The van der Waals surface area contributed by atoms with E-state index in [1.807, 2.05) is 0 Å². The average molecular weight is 204 g/mol. The van der Waals surface area contributed by atoms with Crippen LogP contribution in [-0.4, -0.2) is 7.11 Å². The van der Waals surface area contributed by atoms with Gasteiger partial charge in [-0.25, -0.2) is 0 Å². The summed E-state index contributed by atoms with van der Waals surface area (Å²) >= 11 is 0. The zero-order valence-electron chi connectivity index (χ0n) is 10.2. The van der Waals surface area contributed by atoms with Crippen LogP contribution in [0.5, 0.6) is 5.75 Å². The molecular weight excluding hydrogens is 184 g/mol. The van der Waals surface area contributed by atoms with E-state index in [-0.39, 0.29) is 0 Å². The molecule has 2 rings (SSSR count). The highest BCUT2D eigenvalue weighted by Crippen LogP contribution is 2.39. The lowest BCUT2D eigenvalue weighted by molar-refractivity contribution is 0.399. The summed E-state index contributed by atoms with van der Waals surface area (Å²) in [5.41, 5.74) is 4.57. The van der Waals surface area contributed by atoms with Crippen molar-refractivity contribution in [3.05, 3.63) is 28.8 Å². The molecule has 1 heteroatoms. The van der Waals surface area contributed by atoms with Gasteiger partial charge in [-0.2, -0.15) is 0 Å². The van der Waals surface area contributed by atoms with Crippen molar-refractivity contribution in [2.24, 2.45) is 0 Å². The summed E-state index contributed by atoms with van der Waals surface area (Å²) in [5.74, 6) is 1.03. The zero-order valence-corrected chi connectivity index (χ0v) is 10.2. The normalized spacial score (nSPS) is 18.4. The standard InChI is InChI=1S/C14H20O/c1-10-8-11-6-5-7-14(2,3)12(11)9-13(10)15-4/h8-9H,5-7H2,1-4H3. The Morgan fingerprint density at radius 3 is 2.67 bits per heavy atom. The summed E-state index contributed by atoms with van der Waals surface area (Å²) in [4.78, 5) is 0. The number of fused-ring (bicyclic) bond motifs is 1. The topological polar surface area (TPSA) is 9.23 Å². The summed E-state index contributed by atoms with van der Waals surface area (Å²) in [7, 11) is 1.75. The lowest BCUT2D eigenvalue weighted by atomic mass is 9.72. The van der Waals surface area contributed by atoms with Crippen LogP contribution < -0.4 is 4.74 Å². The molecule has 1 aromatic rings. The molecule has 15 heavy (non-hydrogen) atoms. The highest BCUT2D eigenvalue weighted by Gasteiger charge is 2.28. The van der Waals surface area contributed by atoms with Crippen molar-refractivity contribution >= 4 is 0 Å². The minimum Gasteiger partial charge on any atom is -0.496 e. The maximum absolute atomic E-state index is 5.40. The van der Waals surface area contributed by atoms with E-state index in [1.165, 1.54) is 36.0 Å². The molecular formula is C14H20O. The Morgan fingerprint density at radius 2 is 2.00 bits per heavy atom. The van der Waals surface area contributed by atoms with Crippen LogP contribution in [0.2, 0.25) is 0 Å². The first kappa shape index (κ1) is 10.5. The summed E-state index contributed by atoms with van der Waals surface area (Å²) in [6, 6.07) is 4.54. The monoisotopic (exact) mass is 204 g/mol. The van der Waals surface area contributed by atoms with Crippen molar-refractivity contribution in [1.82, 2.24) is 0 Å². The number of hydrogen-bond donors (Lipinski definition) is 0. The number of benzene rings is 1. The maximum atomic E-state index is 5.40. The number of ether oxygens (including phenoxy) is 1. The second kappa shape index (κ2) is 3.55. The van der Waals surface area contributed by atoms with Crippen LogP contribution >= 0.6 is 0 Å². The van der Waals surface area contributed by atoms with Crippen molar-refractivity contribution in [1.29, 1.82) is 0 Å². The Kier molecular flexibility index (Phi) is 2.49. The molecule has 1 aromatic carbocycles. The van der Waals surface area contributed by atoms with Gasteiger partial charge in [0.2, 0.25) is 0 Å². The van der Waals surface area contributed by atoms with E-state index in [2.05, 4.69) is 32.9 Å². The number of rotatable bonds is 1. The Bertz CT molecular complexity index is 377. The third kappa shape index (κ3) is 1.75. The van der Waals surface area contributed by atoms with Gasteiger partial charge in [-0.05, 0) is 54.4 Å². The predicted octanol–water partition coefficient (Wildman–Crippen LogP) is 3.62. The average Bonchev–Trinajstić information content (AvgIpc) is 2.16. The van der Waals surface area contributed by atoms with E-state index < -0.39 is 0 Å². The van der Waals surface area contributed by atoms with E-state index in [9.17, 15) is 0 Å². The predicted molar refractivity (Wildman–Crippen MR) is 63.7 cm³/mol. The van der Waals surface area contributed by atoms with Crippen molar-refractivity contribution < 1.29 is 4.74 Å². The highest BCUT2D eigenvalue weighted by atomic mass is 16.5. The molecule has 0 saturated carbocycles. The second-order valence-electron chi connectivity index (χ2n) is 5.22. The van der Waals surface area contributed by atoms with Crippen LogP contribution in [0.15, 0.2) is 12.1 Å². The van der Waals surface area contributed by atoms with Gasteiger partial charge in [0.15, 0.2) is 0 Å². The molecule has 0 saturated heterocycles. The van der Waals surface area contributed by atoms with Crippen molar-refractivity contribution in [2.45, 2.75) is 45.4 Å². The molecule has 0 heterocycles. The Balaban J connectivity index is 2.56. The lowest BCUT2D eigenvalue weighted by Crippen LogP contribution is -2.24. The second-order valence-corrected chi connectivity index (χ2v) is 5.22. The summed E-state index contributed by atoms with van der Waals surface area (Å²) < 4.78 is 5.40. The van der Waals surface area contributed by atoms with E-state index in [4.69, 9.17) is 4.74 Å². The van der Waals surface area contributed by atoms with Gasteiger partial charge in [0.25, 0.3) is 0 Å². The van der Waals surface area contributed by atoms with Crippen molar-refractivity contribution in [2.75, 3.05) is 7.11 Å². The molecule has 1 nitrogen and oxygen atoms in total. The fourth-order valence-electron chi connectivity index (χ4n) is 2.66. The van der Waals surface area contributed by atoms with Gasteiger partial charge in [-0.1, -0.05) is 19.9 Å². The number of hydrogen-bond acceptors (Lipinski definition) is 1. The van der Waals surface area contributed by atoms with Gasteiger partial charge in [0.1, 0.15) is 5.75 Å². The fourth-order valence-corrected chi connectivity index (χ4v) is 2.66. The number of aryl methyl sites for hydroxylation is 2. The smallest absolute Gasteiger partial charge is 0.122 e. The van der Waals surface area contributed by atoms with E-state index in [0.717, 1.165) is 5.75 Å². The van der Waals surface area contributed by atoms with Gasteiger partial charge in [0, 0.05) is 0 Å². The zero-order chi connectivity index (χ0) is 11.1. The lowest BCUT2D eigenvalue weighted by Gasteiger charge is -2.33. The van der Waals surface area contributed by atoms with Crippen LogP contribution in [0.3, 0.4) is 0 Å². The van der Waals surface area contributed by atoms with E-state index >= 15 is 0 Å². The molecule has 0 N–H and O–H groups in total. The highest BCUT2D eigenvalue weighted by molar-refractivity contribution is 5.46. The van der Waals surface area contributed by atoms with Gasteiger partial charge in [-0.3, -0.25) is 0 Å². The third-order valence-electron chi connectivity index (χ3n) is 3.60. The molecule has 0 radical (unpaired) electrons. The molecule has 82 valence electrons. The van der Waals surface area contributed by atoms with Gasteiger partial charge in [0.05, 0.1) is 7.11 Å². The quantitative estimate of drug-likeness (QED) is 0.679. The molecule has 1 aliphatic carbocycles. The number of methoxy groups -OCH3 is 1. The molecule has 0 spiro atoms. The Labute approximate surface area is 92.5 Å². The third-order valence-corrected chi connectivity index (χ3v) is 3.60. The minimum absolute atomic E-state index is 0.314. The molecule has 0 unspecified atom stereocenters. The first-order valence-electron chi connectivity index (χ1n) is 5.72. The fraction of sp³-hybridized carbons (Fsp3) is 0.571. The summed E-state index contributed by atoms with van der Waals surface area (Å²) in [6.07, 6.45) is 3.82. The Hall–Kier alpha value is -0.980. The van der Waals surface area contributed by atoms with Crippen molar-refractivity contribution in [3.8, 4) is 5.75 Å². The minimum atomic E-state index is 0.314. The molecule has 0 aliphatic heterocycles. The molecule has 1 aliphatic rings. The first-order valence-corrected chi connectivity index (χ1v) is 5.72. The molecule has 0 fully saturated rings. The summed E-state index contributed by atoms with van der Waals surface area (Å²) in [5, 5.41) is 0. The molecule has 0 bridgehead atoms. The SMILES string of the molecule is COc1cc2c(cc1C)CCCC2(C)C. The van der Waals surface area contributed by atoms with Crippen LogP contribution in [-0.2, 0) is 11.8 Å². The van der Waals surface area contributed by atoms with Crippen LogP contribution in [0.1, 0.15) is 43.4 Å². The van der Waals surface area contributed by atoms with E-state index in [1.54, 1.807) is 7.11 Å².